The average molecular weight is 310 g/mol. The summed E-state index contributed by atoms with van der Waals surface area (Å²) in [4.78, 5) is 13.7. The van der Waals surface area contributed by atoms with Gasteiger partial charge in [-0.1, -0.05) is 6.07 Å². The highest BCUT2D eigenvalue weighted by Crippen LogP contribution is 2.33. The molecule has 0 unspecified atom stereocenters. The van der Waals surface area contributed by atoms with Crippen molar-refractivity contribution in [3.05, 3.63) is 35.4 Å². The Hall–Kier alpha value is -1.61. The first kappa shape index (κ1) is 15.8. The summed E-state index contributed by atoms with van der Waals surface area (Å²) in [6.45, 7) is 0.895. The minimum absolute atomic E-state index is 0.190. The molecule has 1 heterocycles. The molecule has 1 aromatic rings. The van der Waals surface area contributed by atoms with Crippen LogP contribution in [0.15, 0.2) is 18.2 Å². The zero-order valence-electron chi connectivity index (χ0n) is 11.7. The Balaban J connectivity index is 2.02. The standard InChI is InChI=1S/C15H16F2N2OS/c1-21-15(10-18)5-7-19(8-6-15)14(20)9-11-12(16)3-2-4-13(11)17/h2-4H,5-9H2,1H3. The number of benzene rings is 1. The van der Waals surface area contributed by atoms with Crippen LogP contribution in [0.1, 0.15) is 18.4 Å². The van der Waals surface area contributed by atoms with Crippen LogP contribution < -0.4 is 0 Å². The summed E-state index contributed by atoms with van der Waals surface area (Å²) in [5, 5.41) is 9.20. The molecule has 0 atom stereocenters. The third-order valence-electron chi connectivity index (χ3n) is 3.91. The maximum absolute atomic E-state index is 13.6. The van der Waals surface area contributed by atoms with E-state index in [-0.39, 0.29) is 17.9 Å². The second-order valence-electron chi connectivity index (χ2n) is 5.07. The normalized spacial score (nSPS) is 17.3. The minimum atomic E-state index is -0.698. The molecule has 112 valence electrons. The molecular weight excluding hydrogens is 294 g/mol. The third-order valence-corrected chi connectivity index (χ3v) is 5.19. The summed E-state index contributed by atoms with van der Waals surface area (Å²) >= 11 is 1.50. The van der Waals surface area contributed by atoms with Crippen molar-refractivity contribution in [1.82, 2.24) is 4.90 Å². The lowest BCUT2D eigenvalue weighted by Gasteiger charge is -2.36. The van der Waals surface area contributed by atoms with E-state index in [9.17, 15) is 18.8 Å². The summed E-state index contributed by atoms with van der Waals surface area (Å²) in [6.07, 6.45) is 2.76. The molecule has 0 spiro atoms. The Morgan fingerprint density at radius 2 is 1.95 bits per heavy atom. The predicted molar refractivity (Wildman–Crippen MR) is 77.7 cm³/mol. The molecule has 3 nitrogen and oxygen atoms in total. The van der Waals surface area contributed by atoms with Crippen LogP contribution in [0.4, 0.5) is 8.78 Å². The minimum Gasteiger partial charge on any atom is -0.342 e. The lowest BCUT2D eigenvalue weighted by atomic mass is 9.96. The first-order valence-electron chi connectivity index (χ1n) is 6.68. The number of hydrogen-bond donors (Lipinski definition) is 0. The number of carbonyl (C=O) groups excluding carboxylic acids is 1. The van der Waals surface area contributed by atoms with Gasteiger partial charge in [0, 0.05) is 18.7 Å². The van der Waals surface area contributed by atoms with Crippen LogP contribution in [0.3, 0.4) is 0 Å². The van der Waals surface area contributed by atoms with Crippen LogP contribution in [0, 0.1) is 23.0 Å². The highest BCUT2D eigenvalue weighted by Gasteiger charge is 2.35. The highest BCUT2D eigenvalue weighted by molar-refractivity contribution is 8.00. The summed E-state index contributed by atoms with van der Waals surface area (Å²) in [6, 6.07) is 5.87. The van der Waals surface area contributed by atoms with Gasteiger partial charge in [-0.05, 0) is 31.2 Å². The zero-order valence-corrected chi connectivity index (χ0v) is 12.6. The van der Waals surface area contributed by atoms with Crippen molar-refractivity contribution < 1.29 is 13.6 Å². The Labute approximate surface area is 126 Å². The average Bonchev–Trinajstić information content (AvgIpc) is 2.51. The van der Waals surface area contributed by atoms with Gasteiger partial charge in [-0.3, -0.25) is 4.79 Å². The third kappa shape index (κ3) is 3.35. The molecule has 1 aromatic carbocycles. The van der Waals surface area contributed by atoms with Crippen LogP contribution in [0.5, 0.6) is 0 Å². The SMILES string of the molecule is CSC1(C#N)CCN(C(=O)Cc2c(F)cccc2F)CC1. The van der Waals surface area contributed by atoms with Crippen molar-refractivity contribution in [1.29, 1.82) is 5.26 Å². The van der Waals surface area contributed by atoms with E-state index >= 15 is 0 Å². The van der Waals surface area contributed by atoms with Gasteiger partial charge < -0.3 is 4.90 Å². The van der Waals surface area contributed by atoms with Crippen molar-refractivity contribution in [2.75, 3.05) is 19.3 Å². The summed E-state index contributed by atoms with van der Waals surface area (Å²) in [7, 11) is 0. The number of piperidine rings is 1. The van der Waals surface area contributed by atoms with E-state index in [0.29, 0.717) is 25.9 Å². The Morgan fingerprint density at radius 3 is 2.43 bits per heavy atom. The van der Waals surface area contributed by atoms with Crippen LogP contribution in [0.25, 0.3) is 0 Å². The molecule has 6 heteroatoms. The quantitative estimate of drug-likeness (QED) is 0.862. The van der Waals surface area contributed by atoms with Crippen LogP contribution >= 0.6 is 11.8 Å². The van der Waals surface area contributed by atoms with Crippen molar-refractivity contribution in [2.45, 2.75) is 24.0 Å². The van der Waals surface area contributed by atoms with Gasteiger partial charge in [0.05, 0.1) is 12.5 Å². The number of nitriles is 1. The maximum Gasteiger partial charge on any atom is 0.227 e. The monoisotopic (exact) mass is 310 g/mol. The van der Waals surface area contributed by atoms with E-state index in [1.165, 1.54) is 17.8 Å². The number of halogens is 2. The van der Waals surface area contributed by atoms with E-state index < -0.39 is 16.4 Å². The molecule has 0 N–H and O–H groups in total. The first-order valence-corrected chi connectivity index (χ1v) is 7.91. The molecule has 1 aliphatic heterocycles. The van der Waals surface area contributed by atoms with Gasteiger partial charge in [-0.25, -0.2) is 8.78 Å². The molecule has 1 fully saturated rings. The van der Waals surface area contributed by atoms with E-state index in [0.717, 1.165) is 12.1 Å². The Morgan fingerprint density at radius 1 is 1.38 bits per heavy atom. The smallest absolute Gasteiger partial charge is 0.227 e. The molecule has 0 radical (unpaired) electrons. The van der Waals surface area contributed by atoms with Crippen molar-refractivity contribution in [2.24, 2.45) is 0 Å². The van der Waals surface area contributed by atoms with Crippen molar-refractivity contribution in [3.63, 3.8) is 0 Å². The molecule has 0 bridgehead atoms. The van der Waals surface area contributed by atoms with Gasteiger partial charge >= 0.3 is 0 Å². The van der Waals surface area contributed by atoms with Gasteiger partial charge in [-0.2, -0.15) is 5.26 Å². The molecule has 21 heavy (non-hydrogen) atoms. The number of thioether (sulfide) groups is 1. The van der Waals surface area contributed by atoms with Crippen LogP contribution in [-0.4, -0.2) is 34.9 Å². The second-order valence-corrected chi connectivity index (χ2v) is 6.26. The summed E-state index contributed by atoms with van der Waals surface area (Å²) in [5.74, 6) is -1.70. The summed E-state index contributed by atoms with van der Waals surface area (Å²) in [5.41, 5.74) is -0.190. The van der Waals surface area contributed by atoms with E-state index in [1.807, 2.05) is 6.26 Å². The number of rotatable bonds is 3. The fraction of sp³-hybridized carbons (Fsp3) is 0.467. The largest absolute Gasteiger partial charge is 0.342 e. The molecule has 0 aromatic heterocycles. The van der Waals surface area contributed by atoms with Gasteiger partial charge in [0.15, 0.2) is 0 Å². The first-order chi connectivity index (χ1) is 10.0. The van der Waals surface area contributed by atoms with Crippen molar-refractivity contribution >= 4 is 17.7 Å². The molecule has 1 amide bonds. The molecule has 0 aliphatic carbocycles. The van der Waals surface area contributed by atoms with E-state index in [2.05, 4.69) is 6.07 Å². The molecular formula is C15H16F2N2OS. The lowest BCUT2D eigenvalue weighted by Crippen LogP contribution is -2.45. The van der Waals surface area contributed by atoms with E-state index in [4.69, 9.17) is 0 Å². The maximum atomic E-state index is 13.6. The fourth-order valence-electron chi connectivity index (χ4n) is 2.44. The Bertz CT molecular complexity index is 557. The van der Waals surface area contributed by atoms with Gasteiger partial charge in [0.2, 0.25) is 5.91 Å². The molecule has 2 rings (SSSR count). The van der Waals surface area contributed by atoms with Crippen molar-refractivity contribution in [3.8, 4) is 6.07 Å². The topological polar surface area (TPSA) is 44.1 Å². The Kier molecular flexibility index (Phi) is 4.84. The van der Waals surface area contributed by atoms with Gasteiger partial charge in [0.25, 0.3) is 0 Å². The molecule has 1 saturated heterocycles. The molecule has 0 saturated carbocycles. The number of carbonyl (C=O) groups is 1. The second kappa shape index (κ2) is 6.44. The van der Waals surface area contributed by atoms with Gasteiger partial charge in [-0.15, -0.1) is 11.8 Å². The lowest BCUT2D eigenvalue weighted by molar-refractivity contribution is -0.131. The number of amides is 1. The predicted octanol–water partition coefficient (Wildman–Crippen LogP) is 2.76. The van der Waals surface area contributed by atoms with Crippen LogP contribution in [0.2, 0.25) is 0 Å². The van der Waals surface area contributed by atoms with E-state index in [1.54, 1.807) is 4.90 Å². The fourth-order valence-corrected chi connectivity index (χ4v) is 3.13. The van der Waals surface area contributed by atoms with Gasteiger partial charge in [0.1, 0.15) is 16.4 Å². The zero-order chi connectivity index (χ0) is 15.5. The molecule has 1 aliphatic rings. The highest BCUT2D eigenvalue weighted by atomic mass is 32.2. The van der Waals surface area contributed by atoms with Crippen LogP contribution in [-0.2, 0) is 11.2 Å². The number of hydrogen-bond acceptors (Lipinski definition) is 3. The number of nitrogens with zero attached hydrogens (tertiary/aromatic N) is 2. The summed E-state index contributed by atoms with van der Waals surface area (Å²) < 4.78 is 26.7. The number of likely N-dealkylation sites (tertiary alicyclic amines) is 1.